The molecule has 164 valence electrons. The lowest BCUT2D eigenvalue weighted by Crippen LogP contribution is -2.56. The van der Waals surface area contributed by atoms with Crippen LogP contribution in [0.25, 0.3) is 0 Å². The lowest BCUT2D eigenvalue weighted by atomic mass is 9.48. The van der Waals surface area contributed by atoms with Crippen LogP contribution in [0.15, 0.2) is 0 Å². The van der Waals surface area contributed by atoms with E-state index < -0.39 is 5.97 Å². The fourth-order valence-electron chi connectivity index (χ4n) is 7.15. The van der Waals surface area contributed by atoms with Crippen LogP contribution in [0.2, 0.25) is 0 Å². The van der Waals surface area contributed by atoms with E-state index in [0.717, 1.165) is 40.0 Å². The van der Waals surface area contributed by atoms with E-state index in [0.29, 0.717) is 5.56 Å². The van der Waals surface area contributed by atoms with E-state index in [-0.39, 0.29) is 24.0 Å². The molecule has 0 heterocycles. The van der Waals surface area contributed by atoms with E-state index in [1.54, 1.807) is 0 Å². The highest BCUT2D eigenvalue weighted by Gasteiger charge is 2.53. The van der Waals surface area contributed by atoms with Crippen molar-refractivity contribution in [1.29, 1.82) is 0 Å². The molecule has 1 amide bonds. The molecule has 0 aliphatic heterocycles. The first-order valence-corrected chi connectivity index (χ1v) is 11.6. The number of amides is 1. The fourth-order valence-corrected chi connectivity index (χ4v) is 7.15. The minimum absolute atomic E-state index is 0.143. The molecule has 0 radical (unpaired) electrons. The smallest absolute Gasteiger partial charge is 0.339 e. The van der Waals surface area contributed by atoms with Gasteiger partial charge in [0.15, 0.2) is 6.61 Å². The number of hydrogen-bond acceptors (Lipinski definition) is 3. The maximum Gasteiger partial charge on any atom is 0.339 e. The molecule has 4 fully saturated rings. The molecule has 0 aromatic heterocycles. The molecule has 0 spiro atoms. The second-order valence-electron chi connectivity index (χ2n) is 10.6. The zero-order valence-electron chi connectivity index (χ0n) is 19.5. The van der Waals surface area contributed by atoms with Gasteiger partial charge < -0.3 is 10.1 Å². The molecule has 1 aromatic rings. The second-order valence-corrected chi connectivity index (χ2v) is 10.6. The number of nitrogens with one attached hydrogen (secondary N) is 1. The molecule has 1 aromatic carbocycles. The van der Waals surface area contributed by atoms with Gasteiger partial charge in [-0.2, -0.15) is 0 Å². The third-order valence-electron chi connectivity index (χ3n) is 8.92. The summed E-state index contributed by atoms with van der Waals surface area (Å²) in [6, 6.07) is 0.143. The summed E-state index contributed by atoms with van der Waals surface area (Å²) in [7, 11) is 0. The van der Waals surface area contributed by atoms with Crippen LogP contribution in [-0.2, 0) is 9.53 Å². The Morgan fingerprint density at radius 1 is 0.867 bits per heavy atom. The molecule has 1 atom stereocenters. The topological polar surface area (TPSA) is 55.4 Å². The van der Waals surface area contributed by atoms with Crippen molar-refractivity contribution in [2.24, 2.45) is 23.2 Å². The highest BCUT2D eigenvalue weighted by atomic mass is 16.5. The Bertz CT molecular complexity index is 820. The van der Waals surface area contributed by atoms with E-state index in [1.165, 1.54) is 44.1 Å². The van der Waals surface area contributed by atoms with E-state index in [1.807, 2.05) is 27.7 Å². The lowest BCUT2D eigenvalue weighted by Gasteiger charge is -2.59. The number of ether oxygens (including phenoxy) is 1. The molecular weight excluding hydrogens is 374 g/mol. The molecule has 5 rings (SSSR count). The maximum absolute atomic E-state index is 12.8. The third kappa shape index (κ3) is 3.56. The van der Waals surface area contributed by atoms with Gasteiger partial charge in [0.1, 0.15) is 0 Å². The first-order chi connectivity index (χ1) is 14.1. The van der Waals surface area contributed by atoms with E-state index in [9.17, 15) is 9.59 Å². The summed E-state index contributed by atoms with van der Waals surface area (Å²) >= 11 is 0. The van der Waals surface area contributed by atoms with Gasteiger partial charge in [0.05, 0.1) is 5.56 Å². The van der Waals surface area contributed by atoms with Crippen molar-refractivity contribution in [3.63, 3.8) is 0 Å². The molecular formula is C26H37NO3. The van der Waals surface area contributed by atoms with Gasteiger partial charge >= 0.3 is 5.97 Å². The highest BCUT2D eigenvalue weighted by molar-refractivity contribution is 5.95. The molecule has 4 aliphatic rings. The number of rotatable bonds is 5. The Morgan fingerprint density at radius 3 is 1.77 bits per heavy atom. The Labute approximate surface area is 181 Å². The van der Waals surface area contributed by atoms with E-state index in [2.05, 4.69) is 19.2 Å². The number of esters is 1. The Hall–Kier alpha value is -1.84. The van der Waals surface area contributed by atoms with Gasteiger partial charge in [0.25, 0.3) is 5.91 Å². The predicted molar refractivity (Wildman–Crippen MR) is 119 cm³/mol. The molecule has 4 nitrogen and oxygen atoms in total. The van der Waals surface area contributed by atoms with Crippen LogP contribution in [-0.4, -0.2) is 24.5 Å². The summed E-state index contributed by atoms with van der Waals surface area (Å²) in [5, 5.41) is 3.19. The second kappa shape index (κ2) is 7.69. The monoisotopic (exact) mass is 411 g/mol. The first kappa shape index (κ1) is 21.4. The molecule has 1 N–H and O–H groups in total. The maximum atomic E-state index is 12.8. The zero-order valence-corrected chi connectivity index (χ0v) is 19.5. The predicted octanol–water partition coefficient (Wildman–Crippen LogP) is 5.11. The van der Waals surface area contributed by atoms with Crippen molar-refractivity contribution < 1.29 is 14.3 Å². The average Bonchev–Trinajstić information content (AvgIpc) is 2.68. The largest absolute Gasteiger partial charge is 0.452 e. The Balaban J connectivity index is 1.38. The fraction of sp³-hybridized carbons (Fsp3) is 0.692. The third-order valence-corrected chi connectivity index (χ3v) is 8.92. The standard InChI is InChI=1S/C26H37NO3/c1-14-15(2)17(4)24(18(5)16(14)3)25(29)30-13-23(28)27-19(6)26-10-20-7-21(11-26)9-22(8-20)12-26/h19-22H,7-13H2,1-6H3,(H,27,28)/t19-,20?,21?,22?,26?/m0/s1. The molecule has 0 saturated heterocycles. The van der Waals surface area contributed by atoms with Crippen LogP contribution in [0.1, 0.15) is 83.6 Å². The highest BCUT2D eigenvalue weighted by Crippen LogP contribution is 2.61. The Kier molecular flexibility index (Phi) is 5.48. The van der Waals surface area contributed by atoms with Gasteiger partial charge in [-0.3, -0.25) is 4.79 Å². The minimum atomic E-state index is -0.395. The van der Waals surface area contributed by atoms with Gasteiger partial charge in [-0.15, -0.1) is 0 Å². The average molecular weight is 412 g/mol. The molecule has 4 heteroatoms. The van der Waals surface area contributed by atoms with Crippen molar-refractivity contribution in [2.45, 2.75) is 86.1 Å². The van der Waals surface area contributed by atoms with Crippen LogP contribution in [0.3, 0.4) is 0 Å². The normalized spacial score (nSPS) is 30.3. The summed E-state index contributed by atoms with van der Waals surface area (Å²) < 4.78 is 5.47. The van der Waals surface area contributed by atoms with E-state index in [4.69, 9.17) is 4.74 Å². The van der Waals surface area contributed by atoms with Crippen LogP contribution in [0.4, 0.5) is 0 Å². The summed E-state index contributed by atoms with van der Waals surface area (Å²) in [4.78, 5) is 25.5. The number of hydrogen-bond donors (Lipinski definition) is 1. The molecule has 4 saturated carbocycles. The van der Waals surface area contributed by atoms with Crippen molar-refractivity contribution in [1.82, 2.24) is 5.32 Å². The number of benzene rings is 1. The number of carbonyl (C=O) groups is 2. The van der Waals surface area contributed by atoms with Crippen molar-refractivity contribution in [3.8, 4) is 0 Å². The van der Waals surface area contributed by atoms with Crippen LogP contribution in [0.5, 0.6) is 0 Å². The van der Waals surface area contributed by atoms with Gasteiger partial charge in [-0.05, 0) is 131 Å². The number of carbonyl (C=O) groups excluding carboxylic acids is 2. The minimum Gasteiger partial charge on any atom is -0.452 e. The molecule has 0 unspecified atom stereocenters. The molecule has 30 heavy (non-hydrogen) atoms. The molecule has 4 aliphatic carbocycles. The SMILES string of the molecule is Cc1c(C)c(C)c(C(=O)OCC(=O)N[C@@H](C)C23CC4CC(CC(C4)C2)C3)c(C)c1C. The van der Waals surface area contributed by atoms with Crippen molar-refractivity contribution in [3.05, 3.63) is 33.4 Å². The van der Waals surface area contributed by atoms with E-state index >= 15 is 0 Å². The van der Waals surface area contributed by atoms with Gasteiger partial charge in [0.2, 0.25) is 0 Å². The summed E-state index contributed by atoms with van der Waals surface area (Å²) in [5.74, 6) is 1.99. The van der Waals surface area contributed by atoms with Crippen LogP contribution >= 0.6 is 0 Å². The summed E-state index contributed by atoms with van der Waals surface area (Å²) in [5.41, 5.74) is 6.20. The lowest BCUT2D eigenvalue weighted by molar-refractivity contribution is -0.128. The molecule has 4 bridgehead atoms. The van der Waals surface area contributed by atoms with Crippen LogP contribution in [0, 0.1) is 57.8 Å². The van der Waals surface area contributed by atoms with Gasteiger partial charge in [-0.25, -0.2) is 4.79 Å². The van der Waals surface area contributed by atoms with Gasteiger partial charge in [-0.1, -0.05) is 0 Å². The first-order valence-electron chi connectivity index (χ1n) is 11.6. The van der Waals surface area contributed by atoms with Crippen molar-refractivity contribution >= 4 is 11.9 Å². The zero-order chi connectivity index (χ0) is 21.8. The summed E-state index contributed by atoms with van der Waals surface area (Å²) in [6.07, 6.45) is 7.93. The Morgan fingerprint density at radius 2 is 1.30 bits per heavy atom. The van der Waals surface area contributed by atoms with Gasteiger partial charge in [0, 0.05) is 6.04 Å². The quantitative estimate of drug-likeness (QED) is 0.685. The van der Waals surface area contributed by atoms with Crippen LogP contribution < -0.4 is 5.32 Å². The summed E-state index contributed by atoms with van der Waals surface area (Å²) in [6.45, 7) is 12.0. The van der Waals surface area contributed by atoms with Crippen molar-refractivity contribution in [2.75, 3.05) is 6.61 Å².